The molecule has 1 aromatic heterocycles. The van der Waals surface area contributed by atoms with Crippen LogP contribution in [0.5, 0.6) is 5.75 Å². The molecule has 0 saturated carbocycles. The molecule has 0 saturated heterocycles. The Morgan fingerprint density at radius 2 is 2.16 bits per heavy atom. The number of hydrogen-bond acceptors (Lipinski definition) is 4. The highest BCUT2D eigenvalue weighted by atomic mass is 35.5. The second-order valence-corrected chi connectivity index (χ2v) is 4.32. The van der Waals surface area contributed by atoms with Crippen LogP contribution in [0.4, 0.5) is 4.39 Å². The van der Waals surface area contributed by atoms with Gasteiger partial charge in [-0.1, -0.05) is 11.6 Å². The van der Waals surface area contributed by atoms with Crippen LogP contribution in [0, 0.1) is 5.82 Å². The molecule has 1 aromatic carbocycles. The fourth-order valence-electron chi connectivity index (χ4n) is 1.90. The van der Waals surface area contributed by atoms with E-state index in [4.69, 9.17) is 22.2 Å². The molecule has 100 valence electrons. The van der Waals surface area contributed by atoms with Crippen molar-refractivity contribution in [3.05, 3.63) is 58.6 Å². The quantitative estimate of drug-likeness (QED) is 0.667. The monoisotopic (exact) mass is 281 g/mol. The minimum atomic E-state index is -0.573. The molecule has 6 heteroatoms. The van der Waals surface area contributed by atoms with Crippen molar-refractivity contribution in [3.63, 3.8) is 0 Å². The van der Waals surface area contributed by atoms with Crippen molar-refractivity contribution >= 4 is 11.6 Å². The number of benzene rings is 1. The molecule has 3 N–H and O–H groups in total. The van der Waals surface area contributed by atoms with Gasteiger partial charge < -0.3 is 4.74 Å². The predicted octanol–water partition coefficient (Wildman–Crippen LogP) is 2.44. The zero-order valence-electron chi connectivity index (χ0n) is 10.2. The molecule has 2 rings (SSSR count). The molecule has 0 fully saturated rings. The maximum Gasteiger partial charge on any atom is 0.146 e. The summed E-state index contributed by atoms with van der Waals surface area (Å²) >= 11 is 5.97. The first-order valence-electron chi connectivity index (χ1n) is 5.56. The van der Waals surface area contributed by atoms with E-state index < -0.39 is 11.9 Å². The Kier molecular flexibility index (Phi) is 4.31. The number of pyridine rings is 1. The Bertz CT molecular complexity index is 580. The predicted molar refractivity (Wildman–Crippen MR) is 71.4 cm³/mol. The van der Waals surface area contributed by atoms with Crippen LogP contribution in [0.3, 0.4) is 0 Å². The molecule has 0 radical (unpaired) electrons. The number of rotatable bonds is 4. The molecule has 0 bridgehead atoms. The maximum atomic E-state index is 13.8. The summed E-state index contributed by atoms with van der Waals surface area (Å²) in [5.74, 6) is 5.66. The van der Waals surface area contributed by atoms with E-state index in [-0.39, 0.29) is 0 Å². The van der Waals surface area contributed by atoms with Crippen molar-refractivity contribution < 1.29 is 9.13 Å². The van der Waals surface area contributed by atoms with Crippen molar-refractivity contribution in [2.24, 2.45) is 5.84 Å². The first-order valence-corrected chi connectivity index (χ1v) is 5.94. The number of hydrazine groups is 1. The summed E-state index contributed by atoms with van der Waals surface area (Å²) in [4.78, 5) is 3.71. The number of nitrogens with two attached hydrogens (primary N) is 1. The molecule has 0 spiro atoms. The van der Waals surface area contributed by atoms with E-state index in [0.717, 1.165) is 6.20 Å². The average molecular weight is 282 g/mol. The van der Waals surface area contributed by atoms with E-state index in [9.17, 15) is 4.39 Å². The van der Waals surface area contributed by atoms with E-state index in [1.54, 1.807) is 24.3 Å². The molecule has 1 unspecified atom stereocenters. The highest BCUT2D eigenvalue weighted by Crippen LogP contribution is 2.32. The lowest BCUT2D eigenvalue weighted by molar-refractivity contribution is 0.403. The zero-order chi connectivity index (χ0) is 13.8. The fourth-order valence-corrected chi connectivity index (χ4v) is 2.08. The summed E-state index contributed by atoms with van der Waals surface area (Å²) in [6, 6.07) is 6.07. The van der Waals surface area contributed by atoms with Gasteiger partial charge in [-0.05, 0) is 24.3 Å². The van der Waals surface area contributed by atoms with Crippen molar-refractivity contribution in [2.45, 2.75) is 6.04 Å². The Balaban J connectivity index is 2.54. The molecule has 2 aromatic rings. The average Bonchev–Trinajstić information content (AvgIpc) is 2.42. The molecule has 19 heavy (non-hydrogen) atoms. The Labute approximate surface area is 115 Å². The molecular formula is C13H13ClFN3O. The molecule has 0 amide bonds. The van der Waals surface area contributed by atoms with Crippen LogP contribution in [0.1, 0.15) is 17.2 Å². The number of ether oxygens (including phenoxy) is 1. The number of halogens is 2. The van der Waals surface area contributed by atoms with Crippen molar-refractivity contribution in [2.75, 3.05) is 7.11 Å². The third kappa shape index (κ3) is 2.84. The van der Waals surface area contributed by atoms with Crippen molar-refractivity contribution in [1.29, 1.82) is 0 Å². The minimum absolute atomic E-state index is 0.373. The summed E-state index contributed by atoms with van der Waals surface area (Å²) < 4.78 is 19.1. The molecule has 0 aliphatic carbocycles. The van der Waals surface area contributed by atoms with Gasteiger partial charge >= 0.3 is 0 Å². The van der Waals surface area contributed by atoms with E-state index in [1.165, 1.54) is 13.3 Å². The molecule has 0 aliphatic rings. The minimum Gasteiger partial charge on any atom is -0.496 e. The first-order chi connectivity index (χ1) is 9.17. The summed E-state index contributed by atoms with van der Waals surface area (Å²) in [7, 11) is 1.53. The van der Waals surface area contributed by atoms with Gasteiger partial charge in [-0.3, -0.25) is 10.8 Å². The van der Waals surface area contributed by atoms with Crippen LogP contribution >= 0.6 is 11.6 Å². The molecule has 0 aliphatic heterocycles. The Morgan fingerprint density at radius 1 is 1.37 bits per heavy atom. The smallest absolute Gasteiger partial charge is 0.146 e. The van der Waals surface area contributed by atoms with Crippen LogP contribution in [-0.2, 0) is 0 Å². The Morgan fingerprint density at radius 3 is 2.79 bits per heavy atom. The normalized spacial score (nSPS) is 12.2. The number of hydrogen-bond donors (Lipinski definition) is 2. The topological polar surface area (TPSA) is 60.2 Å². The van der Waals surface area contributed by atoms with Gasteiger partial charge in [0.2, 0.25) is 0 Å². The standard InChI is InChI=1S/C13H13ClFN3O/c1-19-12-3-2-8(14)6-10(12)13(18-16)9-4-5-17-7-11(9)15/h2-7,13,18H,16H2,1H3. The van der Waals surface area contributed by atoms with Gasteiger partial charge in [0.1, 0.15) is 11.6 Å². The third-order valence-electron chi connectivity index (χ3n) is 2.78. The lowest BCUT2D eigenvalue weighted by Gasteiger charge is -2.20. The second-order valence-electron chi connectivity index (χ2n) is 3.88. The van der Waals surface area contributed by atoms with Gasteiger partial charge in [0.25, 0.3) is 0 Å². The number of methoxy groups -OCH3 is 1. The SMILES string of the molecule is COc1ccc(Cl)cc1C(NN)c1ccncc1F. The van der Waals surface area contributed by atoms with Crippen LogP contribution < -0.4 is 16.0 Å². The zero-order valence-corrected chi connectivity index (χ0v) is 11.0. The summed E-state index contributed by atoms with van der Waals surface area (Å²) in [5, 5.41) is 0.519. The highest BCUT2D eigenvalue weighted by molar-refractivity contribution is 6.30. The van der Waals surface area contributed by atoms with Crippen molar-refractivity contribution in [1.82, 2.24) is 10.4 Å². The van der Waals surface area contributed by atoms with Gasteiger partial charge in [0.05, 0.1) is 19.3 Å². The van der Waals surface area contributed by atoms with Gasteiger partial charge in [0.15, 0.2) is 0 Å². The van der Waals surface area contributed by atoms with Crippen LogP contribution in [-0.4, -0.2) is 12.1 Å². The summed E-state index contributed by atoms with van der Waals surface area (Å²) in [6.45, 7) is 0. The van der Waals surface area contributed by atoms with Crippen LogP contribution in [0.25, 0.3) is 0 Å². The largest absolute Gasteiger partial charge is 0.496 e. The lowest BCUT2D eigenvalue weighted by Crippen LogP contribution is -2.30. The van der Waals surface area contributed by atoms with E-state index in [2.05, 4.69) is 10.4 Å². The van der Waals surface area contributed by atoms with Gasteiger partial charge in [-0.2, -0.15) is 0 Å². The Hall–Kier alpha value is -1.69. The van der Waals surface area contributed by atoms with E-state index in [1.807, 2.05) is 0 Å². The van der Waals surface area contributed by atoms with Crippen LogP contribution in [0.15, 0.2) is 36.7 Å². The maximum absolute atomic E-state index is 13.8. The molecule has 1 heterocycles. The molecular weight excluding hydrogens is 269 g/mol. The summed E-state index contributed by atoms with van der Waals surface area (Å²) in [5.41, 5.74) is 3.60. The van der Waals surface area contributed by atoms with E-state index >= 15 is 0 Å². The van der Waals surface area contributed by atoms with Crippen LogP contribution in [0.2, 0.25) is 5.02 Å². The van der Waals surface area contributed by atoms with Crippen molar-refractivity contribution in [3.8, 4) is 5.75 Å². The van der Waals surface area contributed by atoms with Gasteiger partial charge in [0, 0.05) is 22.3 Å². The van der Waals surface area contributed by atoms with E-state index in [0.29, 0.717) is 21.9 Å². The first kappa shape index (κ1) is 13.7. The number of nitrogens with one attached hydrogen (secondary N) is 1. The number of nitrogens with zero attached hydrogens (tertiary/aromatic N) is 1. The fraction of sp³-hybridized carbons (Fsp3) is 0.154. The third-order valence-corrected chi connectivity index (χ3v) is 3.02. The second kappa shape index (κ2) is 5.97. The van der Waals surface area contributed by atoms with Gasteiger partial charge in [-0.15, -0.1) is 0 Å². The highest BCUT2D eigenvalue weighted by Gasteiger charge is 2.20. The lowest BCUT2D eigenvalue weighted by atomic mass is 9.99. The number of aromatic nitrogens is 1. The van der Waals surface area contributed by atoms with Gasteiger partial charge in [-0.25, -0.2) is 9.82 Å². The molecule has 4 nitrogen and oxygen atoms in total. The summed E-state index contributed by atoms with van der Waals surface area (Å²) in [6.07, 6.45) is 2.64. The molecule has 1 atom stereocenters.